The van der Waals surface area contributed by atoms with Gasteiger partial charge in [-0.15, -0.1) is 11.3 Å². The van der Waals surface area contributed by atoms with Gasteiger partial charge in [-0.1, -0.05) is 43.7 Å². The number of aryl methyl sites for hydroxylation is 2. The number of hydrogen-bond acceptors (Lipinski definition) is 8. The number of imidazole rings is 1. The van der Waals surface area contributed by atoms with Gasteiger partial charge in [-0.3, -0.25) is 4.79 Å². The van der Waals surface area contributed by atoms with Crippen LogP contribution in [0.15, 0.2) is 58.8 Å². The van der Waals surface area contributed by atoms with Gasteiger partial charge in [-0.25, -0.2) is 18.4 Å². The van der Waals surface area contributed by atoms with E-state index in [0.717, 1.165) is 47.0 Å². The molecule has 1 fully saturated rings. The molecule has 0 bridgehead atoms. The maximum Gasteiger partial charge on any atom is 0.306 e. The number of aromatic nitrogens is 3. The number of carbonyl (C=O) groups excluding carboxylic acids is 1. The van der Waals surface area contributed by atoms with Crippen LogP contribution in [-0.2, 0) is 43.9 Å². The zero-order valence-electron chi connectivity index (χ0n) is 21.9. The standard InChI is InChI=1S/C28H32N4O5S2/c1-2-3-13-32-25-10-9-23(39(34,35)31-14-16-36-17-15-31)18-24(25)30-26(32)11-12-27(33)37-19-22-20-38-28(29-22)21-7-5-4-6-8-21/h4-10,18,20H,2-3,11-17,19H2,1H3. The van der Waals surface area contributed by atoms with Crippen LogP contribution in [0.3, 0.4) is 0 Å². The number of thiazole rings is 1. The predicted octanol–water partition coefficient (Wildman–Crippen LogP) is 4.66. The van der Waals surface area contributed by atoms with Gasteiger partial charge in [-0.05, 0) is 24.6 Å². The molecule has 3 heterocycles. The third-order valence-corrected chi connectivity index (χ3v) is 9.48. The molecule has 0 radical (unpaired) electrons. The number of carbonyl (C=O) groups is 1. The van der Waals surface area contributed by atoms with Crippen molar-refractivity contribution in [2.75, 3.05) is 26.3 Å². The first-order chi connectivity index (χ1) is 19.0. The van der Waals surface area contributed by atoms with Gasteiger partial charge in [0.2, 0.25) is 10.0 Å². The quantitative estimate of drug-likeness (QED) is 0.243. The number of rotatable bonds is 11. The number of morpholine rings is 1. The fourth-order valence-electron chi connectivity index (χ4n) is 4.54. The zero-order valence-corrected chi connectivity index (χ0v) is 23.5. The second-order valence-corrected chi connectivity index (χ2v) is 12.2. The van der Waals surface area contributed by atoms with Crippen LogP contribution in [0.25, 0.3) is 21.6 Å². The molecule has 4 aromatic rings. The first-order valence-corrected chi connectivity index (χ1v) is 15.5. The van der Waals surface area contributed by atoms with Crippen molar-refractivity contribution in [3.05, 3.63) is 65.4 Å². The Labute approximate surface area is 232 Å². The number of sulfonamides is 1. The number of hydrogen-bond donors (Lipinski definition) is 0. The summed E-state index contributed by atoms with van der Waals surface area (Å²) < 4.78 is 40.6. The second kappa shape index (κ2) is 12.4. The van der Waals surface area contributed by atoms with E-state index in [1.165, 1.54) is 15.6 Å². The van der Waals surface area contributed by atoms with Crippen LogP contribution in [0, 0.1) is 0 Å². The van der Waals surface area contributed by atoms with Crippen molar-refractivity contribution in [3.63, 3.8) is 0 Å². The molecule has 9 nitrogen and oxygen atoms in total. The maximum absolute atomic E-state index is 13.2. The van der Waals surface area contributed by atoms with Crippen LogP contribution in [-0.4, -0.2) is 59.5 Å². The molecule has 0 aliphatic carbocycles. The molecule has 0 spiro atoms. The highest BCUT2D eigenvalue weighted by molar-refractivity contribution is 7.89. The van der Waals surface area contributed by atoms with Gasteiger partial charge in [0.1, 0.15) is 17.4 Å². The highest BCUT2D eigenvalue weighted by Crippen LogP contribution is 2.26. The minimum absolute atomic E-state index is 0.122. The van der Waals surface area contributed by atoms with Gasteiger partial charge in [0, 0.05) is 37.0 Å². The van der Waals surface area contributed by atoms with Crippen molar-refractivity contribution in [2.45, 2.75) is 50.7 Å². The van der Waals surface area contributed by atoms with Crippen molar-refractivity contribution in [1.82, 2.24) is 18.8 Å². The summed E-state index contributed by atoms with van der Waals surface area (Å²) in [6.45, 7) is 4.45. The van der Waals surface area contributed by atoms with Gasteiger partial charge in [0.05, 0.1) is 41.3 Å². The lowest BCUT2D eigenvalue weighted by Gasteiger charge is -2.26. The van der Waals surface area contributed by atoms with Gasteiger partial charge in [-0.2, -0.15) is 4.31 Å². The Morgan fingerprint density at radius 3 is 2.67 bits per heavy atom. The van der Waals surface area contributed by atoms with E-state index in [0.29, 0.717) is 38.2 Å². The van der Waals surface area contributed by atoms with Gasteiger partial charge in [0.25, 0.3) is 0 Å². The van der Waals surface area contributed by atoms with Gasteiger partial charge < -0.3 is 14.0 Å². The largest absolute Gasteiger partial charge is 0.459 e. The lowest BCUT2D eigenvalue weighted by Crippen LogP contribution is -2.40. The van der Waals surface area contributed by atoms with E-state index in [1.54, 1.807) is 12.1 Å². The summed E-state index contributed by atoms with van der Waals surface area (Å²) in [4.78, 5) is 22.1. The highest BCUT2D eigenvalue weighted by atomic mass is 32.2. The van der Waals surface area contributed by atoms with E-state index in [9.17, 15) is 13.2 Å². The van der Waals surface area contributed by atoms with Crippen LogP contribution >= 0.6 is 11.3 Å². The second-order valence-electron chi connectivity index (χ2n) is 9.37. The summed E-state index contributed by atoms with van der Waals surface area (Å²) in [6, 6.07) is 15.0. The van der Waals surface area contributed by atoms with Crippen LogP contribution in [0.5, 0.6) is 0 Å². The molecule has 1 aliphatic heterocycles. The van der Waals surface area contributed by atoms with E-state index in [1.807, 2.05) is 41.8 Å². The van der Waals surface area contributed by atoms with Crippen molar-refractivity contribution in [3.8, 4) is 10.6 Å². The molecule has 0 N–H and O–H groups in total. The number of ether oxygens (including phenoxy) is 2. The fourth-order valence-corrected chi connectivity index (χ4v) is 6.78. The normalized spacial score (nSPS) is 14.6. The van der Waals surface area contributed by atoms with Crippen LogP contribution in [0.4, 0.5) is 0 Å². The molecule has 1 saturated heterocycles. The third-order valence-electron chi connectivity index (χ3n) is 6.65. The Bertz CT molecular complexity index is 1530. The first kappa shape index (κ1) is 27.4. The molecule has 5 rings (SSSR count). The molecule has 0 unspecified atom stereocenters. The predicted molar refractivity (Wildman–Crippen MR) is 150 cm³/mol. The molecule has 0 amide bonds. The van der Waals surface area contributed by atoms with E-state index >= 15 is 0 Å². The van der Waals surface area contributed by atoms with E-state index in [-0.39, 0.29) is 23.9 Å². The Kier molecular flexibility index (Phi) is 8.71. The van der Waals surface area contributed by atoms with Crippen molar-refractivity contribution in [1.29, 1.82) is 0 Å². The monoisotopic (exact) mass is 568 g/mol. The molecule has 39 heavy (non-hydrogen) atoms. The summed E-state index contributed by atoms with van der Waals surface area (Å²) in [7, 11) is -3.62. The fraction of sp³-hybridized carbons (Fsp3) is 0.393. The number of benzene rings is 2. The number of nitrogens with zero attached hydrogens (tertiary/aromatic N) is 4. The maximum atomic E-state index is 13.2. The van der Waals surface area contributed by atoms with Crippen LogP contribution in [0.2, 0.25) is 0 Å². The third kappa shape index (κ3) is 6.38. The summed E-state index contributed by atoms with van der Waals surface area (Å²) in [5.74, 6) is 0.422. The molecular formula is C28H32N4O5S2. The molecule has 0 saturated carbocycles. The Morgan fingerprint density at radius 2 is 1.90 bits per heavy atom. The first-order valence-electron chi connectivity index (χ1n) is 13.2. The van der Waals surface area contributed by atoms with Gasteiger partial charge >= 0.3 is 5.97 Å². The Balaban J connectivity index is 1.26. The van der Waals surface area contributed by atoms with Crippen molar-refractivity contribution >= 4 is 38.4 Å². The number of unbranched alkanes of at least 4 members (excludes halogenated alkanes) is 1. The lowest BCUT2D eigenvalue weighted by atomic mass is 10.2. The molecule has 11 heteroatoms. The Hall–Kier alpha value is -3.12. The topological polar surface area (TPSA) is 104 Å². The van der Waals surface area contributed by atoms with E-state index in [2.05, 4.69) is 16.5 Å². The van der Waals surface area contributed by atoms with E-state index in [4.69, 9.17) is 14.5 Å². The average molecular weight is 569 g/mol. The number of fused-ring (bicyclic) bond motifs is 1. The Morgan fingerprint density at radius 1 is 1.10 bits per heavy atom. The highest BCUT2D eigenvalue weighted by Gasteiger charge is 2.27. The van der Waals surface area contributed by atoms with Gasteiger partial charge in [0.15, 0.2) is 0 Å². The van der Waals surface area contributed by atoms with Crippen LogP contribution < -0.4 is 0 Å². The summed E-state index contributed by atoms with van der Waals surface area (Å²) in [5.41, 5.74) is 3.23. The van der Waals surface area contributed by atoms with Crippen molar-refractivity contribution < 1.29 is 22.7 Å². The number of esters is 1. The minimum atomic E-state index is -3.62. The molecule has 206 valence electrons. The zero-order chi connectivity index (χ0) is 27.2. The SMILES string of the molecule is CCCCn1c(CCC(=O)OCc2csc(-c3ccccc3)n2)nc2cc(S(=O)(=O)N3CCOCC3)ccc21. The van der Waals surface area contributed by atoms with Crippen molar-refractivity contribution in [2.24, 2.45) is 0 Å². The molecule has 1 aliphatic rings. The summed E-state index contributed by atoms with van der Waals surface area (Å²) in [6.07, 6.45) is 2.52. The molecule has 2 aromatic carbocycles. The molecular weight excluding hydrogens is 536 g/mol. The smallest absolute Gasteiger partial charge is 0.306 e. The minimum Gasteiger partial charge on any atom is -0.459 e. The van der Waals surface area contributed by atoms with E-state index < -0.39 is 10.0 Å². The molecule has 0 atom stereocenters. The summed E-state index contributed by atoms with van der Waals surface area (Å²) in [5, 5.41) is 2.80. The molecule has 2 aromatic heterocycles. The average Bonchev–Trinajstić information content (AvgIpc) is 3.59. The lowest BCUT2D eigenvalue weighted by molar-refractivity contribution is -0.145. The van der Waals surface area contributed by atoms with Crippen LogP contribution in [0.1, 0.15) is 37.7 Å². The summed E-state index contributed by atoms with van der Waals surface area (Å²) >= 11 is 1.52.